The minimum absolute atomic E-state index is 0.150. The van der Waals surface area contributed by atoms with E-state index in [0.29, 0.717) is 6.61 Å². The second-order valence-electron chi connectivity index (χ2n) is 4.69. The zero-order chi connectivity index (χ0) is 11.6. The van der Waals surface area contributed by atoms with Crippen LogP contribution in [0.5, 0.6) is 5.75 Å². The maximum Gasteiger partial charge on any atom is 0.124 e. The van der Waals surface area contributed by atoms with Crippen molar-refractivity contribution < 1.29 is 14.6 Å². The van der Waals surface area contributed by atoms with Gasteiger partial charge in [0, 0.05) is 6.42 Å². The van der Waals surface area contributed by atoms with Crippen molar-refractivity contribution in [2.24, 2.45) is 0 Å². The molecule has 0 amide bonds. The largest absolute Gasteiger partial charge is 0.488 e. The molecule has 2 rings (SSSR count). The van der Waals surface area contributed by atoms with Gasteiger partial charge in [0.15, 0.2) is 0 Å². The van der Waals surface area contributed by atoms with Gasteiger partial charge in [-0.25, -0.2) is 0 Å². The molecule has 0 spiro atoms. The van der Waals surface area contributed by atoms with Crippen molar-refractivity contribution in [3.8, 4) is 5.75 Å². The van der Waals surface area contributed by atoms with Crippen molar-refractivity contribution in [3.63, 3.8) is 0 Å². The van der Waals surface area contributed by atoms with E-state index >= 15 is 0 Å². The summed E-state index contributed by atoms with van der Waals surface area (Å²) in [5, 5.41) is 9.89. The fourth-order valence-corrected chi connectivity index (χ4v) is 1.75. The molecule has 1 atom stereocenters. The number of aliphatic hydroxyl groups is 1. The van der Waals surface area contributed by atoms with Crippen molar-refractivity contribution in [1.29, 1.82) is 0 Å². The standard InChI is InChI=1S/C13H18O3/c1-13(2,14)10-4-3-5-11(8-10)16-12-6-7-15-9-12/h3-5,8,12,14H,6-7,9H2,1-2H3. The minimum atomic E-state index is -0.828. The van der Waals surface area contributed by atoms with Crippen molar-refractivity contribution >= 4 is 0 Å². The molecule has 1 aliphatic heterocycles. The molecule has 1 N–H and O–H groups in total. The maximum absolute atomic E-state index is 9.89. The monoisotopic (exact) mass is 222 g/mol. The van der Waals surface area contributed by atoms with Gasteiger partial charge in [-0.2, -0.15) is 0 Å². The molecule has 88 valence electrons. The van der Waals surface area contributed by atoms with Gasteiger partial charge >= 0.3 is 0 Å². The summed E-state index contributed by atoms with van der Waals surface area (Å²) in [6.07, 6.45) is 1.09. The van der Waals surface area contributed by atoms with Crippen LogP contribution in [0, 0.1) is 0 Å². The summed E-state index contributed by atoms with van der Waals surface area (Å²) in [7, 11) is 0. The molecule has 0 bridgehead atoms. The molecule has 1 fully saturated rings. The van der Waals surface area contributed by atoms with Gasteiger partial charge < -0.3 is 14.6 Å². The van der Waals surface area contributed by atoms with Crippen LogP contribution in [-0.4, -0.2) is 24.4 Å². The van der Waals surface area contributed by atoms with Gasteiger partial charge in [0.1, 0.15) is 11.9 Å². The highest BCUT2D eigenvalue weighted by molar-refractivity contribution is 5.31. The van der Waals surface area contributed by atoms with Gasteiger partial charge in [0.25, 0.3) is 0 Å². The first-order chi connectivity index (χ1) is 7.55. The van der Waals surface area contributed by atoms with Gasteiger partial charge in [-0.05, 0) is 31.5 Å². The van der Waals surface area contributed by atoms with Crippen LogP contribution in [0.25, 0.3) is 0 Å². The average molecular weight is 222 g/mol. The first-order valence-electron chi connectivity index (χ1n) is 5.63. The molecular weight excluding hydrogens is 204 g/mol. The van der Waals surface area contributed by atoms with E-state index in [1.807, 2.05) is 24.3 Å². The topological polar surface area (TPSA) is 38.7 Å². The molecule has 3 nitrogen and oxygen atoms in total. The first kappa shape index (κ1) is 11.4. The van der Waals surface area contributed by atoms with Crippen molar-refractivity contribution in [3.05, 3.63) is 29.8 Å². The van der Waals surface area contributed by atoms with E-state index in [0.717, 1.165) is 24.3 Å². The second-order valence-corrected chi connectivity index (χ2v) is 4.69. The van der Waals surface area contributed by atoms with Gasteiger partial charge in [0.2, 0.25) is 0 Å². The predicted octanol–water partition coefficient (Wildman–Crippen LogP) is 2.08. The summed E-state index contributed by atoms with van der Waals surface area (Å²) in [5.74, 6) is 0.801. The Bertz CT molecular complexity index is 348. The summed E-state index contributed by atoms with van der Waals surface area (Å²) >= 11 is 0. The van der Waals surface area contributed by atoms with Gasteiger partial charge in [-0.1, -0.05) is 12.1 Å². The Morgan fingerprint density at radius 2 is 2.25 bits per heavy atom. The summed E-state index contributed by atoms with van der Waals surface area (Å²) in [4.78, 5) is 0. The van der Waals surface area contributed by atoms with Crippen LogP contribution in [0.3, 0.4) is 0 Å². The summed E-state index contributed by atoms with van der Waals surface area (Å²) in [6.45, 7) is 4.97. The summed E-state index contributed by atoms with van der Waals surface area (Å²) in [6, 6.07) is 7.60. The average Bonchev–Trinajstić information content (AvgIpc) is 2.70. The molecule has 1 aromatic rings. The lowest BCUT2D eigenvalue weighted by Gasteiger charge is -2.19. The van der Waals surface area contributed by atoms with E-state index in [1.54, 1.807) is 13.8 Å². The molecule has 0 saturated carbocycles. The first-order valence-corrected chi connectivity index (χ1v) is 5.63. The molecule has 1 heterocycles. The van der Waals surface area contributed by atoms with Crippen LogP contribution in [0.1, 0.15) is 25.8 Å². The Morgan fingerprint density at radius 3 is 2.88 bits per heavy atom. The van der Waals surface area contributed by atoms with Gasteiger partial charge in [-0.15, -0.1) is 0 Å². The maximum atomic E-state index is 9.89. The van der Waals surface area contributed by atoms with Crippen LogP contribution >= 0.6 is 0 Å². The van der Waals surface area contributed by atoms with Crippen LogP contribution in [0.15, 0.2) is 24.3 Å². The zero-order valence-electron chi connectivity index (χ0n) is 9.77. The van der Waals surface area contributed by atoms with E-state index in [2.05, 4.69) is 0 Å². The van der Waals surface area contributed by atoms with E-state index in [1.165, 1.54) is 0 Å². The minimum Gasteiger partial charge on any atom is -0.488 e. The smallest absolute Gasteiger partial charge is 0.124 e. The fraction of sp³-hybridized carbons (Fsp3) is 0.538. The lowest BCUT2D eigenvalue weighted by Crippen LogP contribution is -2.18. The number of hydrogen-bond acceptors (Lipinski definition) is 3. The van der Waals surface area contributed by atoms with Gasteiger partial charge in [0.05, 0.1) is 18.8 Å². The van der Waals surface area contributed by atoms with Crippen molar-refractivity contribution in [2.45, 2.75) is 32.0 Å². The Labute approximate surface area is 96.0 Å². The molecule has 1 saturated heterocycles. The van der Waals surface area contributed by atoms with Crippen LogP contribution in [0.4, 0.5) is 0 Å². The van der Waals surface area contributed by atoms with E-state index in [4.69, 9.17) is 9.47 Å². The van der Waals surface area contributed by atoms with Crippen molar-refractivity contribution in [2.75, 3.05) is 13.2 Å². The molecule has 0 radical (unpaired) electrons. The normalized spacial score (nSPS) is 21.1. The molecule has 0 aromatic heterocycles. The summed E-state index contributed by atoms with van der Waals surface area (Å²) in [5.41, 5.74) is 0.0369. The van der Waals surface area contributed by atoms with E-state index in [9.17, 15) is 5.11 Å². The Morgan fingerprint density at radius 1 is 1.44 bits per heavy atom. The van der Waals surface area contributed by atoms with Crippen LogP contribution < -0.4 is 4.74 Å². The second kappa shape index (κ2) is 4.44. The number of ether oxygens (including phenoxy) is 2. The highest BCUT2D eigenvalue weighted by Gasteiger charge is 2.19. The number of hydrogen-bond donors (Lipinski definition) is 1. The molecule has 1 unspecified atom stereocenters. The Kier molecular flexibility index (Phi) is 3.17. The lowest BCUT2D eigenvalue weighted by atomic mass is 9.98. The SMILES string of the molecule is CC(C)(O)c1cccc(OC2CCOC2)c1. The third-order valence-electron chi connectivity index (χ3n) is 2.73. The number of rotatable bonds is 3. The molecule has 3 heteroatoms. The van der Waals surface area contributed by atoms with Crippen LogP contribution in [0.2, 0.25) is 0 Å². The third-order valence-corrected chi connectivity index (χ3v) is 2.73. The van der Waals surface area contributed by atoms with Crippen LogP contribution in [-0.2, 0) is 10.3 Å². The lowest BCUT2D eigenvalue weighted by molar-refractivity contribution is 0.0778. The van der Waals surface area contributed by atoms with Crippen molar-refractivity contribution in [1.82, 2.24) is 0 Å². The van der Waals surface area contributed by atoms with E-state index < -0.39 is 5.60 Å². The third kappa shape index (κ3) is 2.74. The number of benzene rings is 1. The molecule has 16 heavy (non-hydrogen) atoms. The Balaban J connectivity index is 2.09. The Hall–Kier alpha value is -1.06. The predicted molar refractivity (Wildman–Crippen MR) is 61.5 cm³/mol. The molecule has 1 aromatic carbocycles. The highest BCUT2D eigenvalue weighted by atomic mass is 16.5. The van der Waals surface area contributed by atoms with Gasteiger partial charge in [-0.3, -0.25) is 0 Å². The summed E-state index contributed by atoms with van der Waals surface area (Å²) < 4.78 is 11.0. The van der Waals surface area contributed by atoms with E-state index in [-0.39, 0.29) is 6.10 Å². The zero-order valence-corrected chi connectivity index (χ0v) is 9.77. The molecular formula is C13H18O3. The molecule has 0 aliphatic carbocycles. The quantitative estimate of drug-likeness (QED) is 0.851. The highest BCUT2D eigenvalue weighted by Crippen LogP contribution is 2.25. The molecule has 1 aliphatic rings. The fourth-order valence-electron chi connectivity index (χ4n) is 1.75.